The summed E-state index contributed by atoms with van der Waals surface area (Å²) in [5.74, 6) is -0.307. The summed E-state index contributed by atoms with van der Waals surface area (Å²) in [6, 6.07) is 18.0. The van der Waals surface area contributed by atoms with E-state index in [1.165, 1.54) is 11.1 Å². The summed E-state index contributed by atoms with van der Waals surface area (Å²) in [5.41, 5.74) is 9.66. The first-order chi connectivity index (χ1) is 11.9. The lowest BCUT2D eigenvalue weighted by Gasteiger charge is -2.27. The number of nitrogens with zero attached hydrogens (tertiary/aromatic N) is 1. The molecule has 2 aromatic rings. The van der Waals surface area contributed by atoms with Crippen LogP contribution < -0.4 is 11.1 Å². The number of carbonyl (C=O) groups is 1. The van der Waals surface area contributed by atoms with Gasteiger partial charge in [-0.05, 0) is 32.1 Å². The van der Waals surface area contributed by atoms with Crippen molar-refractivity contribution < 1.29 is 4.79 Å². The van der Waals surface area contributed by atoms with Gasteiger partial charge in [-0.15, -0.1) is 0 Å². The van der Waals surface area contributed by atoms with Gasteiger partial charge in [0.1, 0.15) is 0 Å². The lowest BCUT2D eigenvalue weighted by Crippen LogP contribution is -2.40. The lowest BCUT2D eigenvalue weighted by atomic mass is 9.94. The smallest absolute Gasteiger partial charge is 0.224 e. The summed E-state index contributed by atoms with van der Waals surface area (Å²) < 4.78 is 0. The average molecular weight is 339 g/mol. The quantitative estimate of drug-likeness (QED) is 0.815. The summed E-state index contributed by atoms with van der Waals surface area (Å²) in [4.78, 5) is 14.7. The summed E-state index contributed by atoms with van der Waals surface area (Å²) in [5, 5.41) is 3.07. The Hall–Kier alpha value is -2.17. The van der Waals surface area contributed by atoms with Crippen molar-refractivity contribution in [1.82, 2.24) is 10.2 Å². The summed E-state index contributed by atoms with van der Waals surface area (Å²) in [6.45, 7) is 4.51. The van der Waals surface area contributed by atoms with E-state index in [4.69, 9.17) is 5.73 Å². The molecule has 0 fully saturated rings. The fourth-order valence-corrected chi connectivity index (χ4v) is 2.87. The Balaban J connectivity index is 1.99. The Kier molecular flexibility index (Phi) is 6.73. The molecule has 25 heavy (non-hydrogen) atoms. The molecule has 2 rings (SSSR count). The maximum Gasteiger partial charge on any atom is 0.224 e. The molecular formula is C21H29N3O. The molecule has 0 aliphatic rings. The minimum atomic E-state index is -0.307. The molecule has 0 saturated carbocycles. The van der Waals surface area contributed by atoms with Crippen molar-refractivity contribution in [3.8, 4) is 0 Å². The van der Waals surface area contributed by atoms with Gasteiger partial charge in [-0.25, -0.2) is 0 Å². The Bertz CT molecular complexity index is 667. The van der Waals surface area contributed by atoms with Crippen molar-refractivity contribution in [3.05, 3.63) is 71.3 Å². The maximum atomic E-state index is 12.6. The third kappa shape index (κ3) is 5.15. The molecule has 3 N–H and O–H groups in total. The largest absolute Gasteiger partial charge is 0.354 e. The first kappa shape index (κ1) is 19.2. The van der Waals surface area contributed by atoms with Gasteiger partial charge in [0.25, 0.3) is 0 Å². The summed E-state index contributed by atoms with van der Waals surface area (Å²) in [6.07, 6.45) is 0. The Labute approximate surface area is 151 Å². The monoisotopic (exact) mass is 339 g/mol. The molecule has 4 nitrogen and oxygen atoms in total. The standard InChI is InChI=1S/C21H29N3O/c1-15-10-12-17(13-11-15)19(24(3)4)14-23-21(25)16(2)20(22)18-8-6-5-7-9-18/h5-13,16,19-20H,14,22H2,1-4H3,(H,23,25). The second-order valence-electron chi connectivity index (χ2n) is 6.86. The molecule has 0 saturated heterocycles. The highest BCUT2D eigenvalue weighted by Gasteiger charge is 2.23. The van der Waals surface area contributed by atoms with Crippen molar-refractivity contribution in [2.75, 3.05) is 20.6 Å². The van der Waals surface area contributed by atoms with E-state index in [0.29, 0.717) is 6.54 Å². The number of benzene rings is 2. The Morgan fingerprint density at radius 2 is 1.64 bits per heavy atom. The number of likely N-dealkylation sites (N-methyl/N-ethyl adjacent to an activating group) is 1. The van der Waals surface area contributed by atoms with E-state index in [-0.39, 0.29) is 23.9 Å². The van der Waals surface area contributed by atoms with Crippen molar-refractivity contribution in [3.63, 3.8) is 0 Å². The Morgan fingerprint density at radius 3 is 2.20 bits per heavy atom. The van der Waals surface area contributed by atoms with Crippen LogP contribution in [0.25, 0.3) is 0 Å². The van der Waals surface area contributed by atoms with Gasteiger partial charge in [-0.1, -0.05) is 67.1 Å². The number of carbonyl (C=O) groups excluding carboxylic acids is 1. The number of hydrogen-bond donors (Lipinski definition) is 2. The molecule has 0 aromatic heterocycles. The molecule has 2 aromatic carbocycles. The second kappa shape index (κ2) is 8.79. The van der Waals surface area contributed by atoms with E-state index in [2.05, 4.69) is 41.4 Å². The van der Waals surface area contributed by atoms with Crippen LogP contribution in [0.2, 0.25) is 0 Å². The molecule has 0 bridgehead atoms. The van der Waals surface area contributed by atoms with E-state index in [9.17, 15) is 4.79 Å². The van der Waals surface area contributed by atoms with Crippen molar-refractivity contribution in [2.45, 2.75) is 25.9 Å². The van der Waals surface area contributed by atoms with Gasteiger partial charge in [0, 0.05) is 12.6 Å². The highest BCUT2D eigenvalue weighted by Crippen LogP contribution is 2.21. The topological polar surface area (TPSA) is 58.4 Å². The number of nitrogens with one attached hydrogen (secondary N) is 1. The minimum Gasteiger partial charge on any atom is -0.354 e. The molecule has 0 aliphatic carbocycles. The highest BCUT2D eigenvalue weighted by molar-refractivity contribution is 5.79. The summed E-state index contributed by atoms with van der Waals surface area (Å²) in [7, 11) is 4.05. The van der Waals surface area contributed by atoms with Crippen LogP contribution in [0, 0.1) is 12.8 Å². The van der Waals surface area contributed by atoms with Crippen molar-refractivity contribution in [2.24, 2.45) is 11.7 Å². The molecule has 0 spiro atoms. The fraction of sp³-hybridized carbons (Fsp3) is 0.381. The van der Waals surface area contributed by atoms with Crippen LogP contribution in [-0.2, 0) is 4.79 Å². The second-order valence-corrected chi connectivity index (χ2v) is 6.86. The molecular weight excluding hydrogens is 310 g/mol. The van der Waals surface area contributed by atoms with E-state index in [0.717, 1.165) is 5.56 Å². The van der Waals surface area contributed by atoms with Crippen LogP contribution >= 0.6 is 0 Å². The lowest BCUT2D eigenvalue weighted by molar-refractivity contribution is -0.125. The SMILES string of the molecule is Cc1ccc(C(CNC(=O)C(C)C(N)c2ccccc2)N(C)C)cc1. The minimum absolute atomic E-state index is 0.0182. The van der Waals surface area contributed by atoms with Gasteiger partial charge in [-0.2, -0.15) is 0 Å². The predicted octanol–water partition coefficient (Wildman–Crippen LogP) is 3.05. The number of amides is 1. The van der Waals surface area contributed by atoms with Gasteiger partial charge in [0.2, 0.25) is 5.91 Å². The first-order valence-corrected chi connectivity index (χ1v) is 8.71. The van der Waals surface area contributed by atoms with Gasteiger partial charge in [0.05, 0.1) is 12.0 Å². The van der Waals surface area contributed by atoms with Crippen LogP contribution in [0.3, 0.4) is 0 Å². The van der Waals surface area contributed by atoms with E-state index in [1.807, 2.05) is 51.4 Å². The summed E-state index contributed by atoms with van der Waals surface area (Å²) >= 11 is 0. The average Bonchev–Trinajstić information content (AvgIpc) is 2.62. The molecule has 134 valence electrons. The van der Waals surface area contributed by atoms with E-state index < -0.39 is 0 Å². The third-order valence-electron chi connectivity index (χ3n) is 4.69. The predicted molar refractivity (Wildman–Crippen MR) is 103 cm³/mol. The van der Waals surface area contributed by atoms with Crippen molar-refractivity contribution in [1.29, 1.82) is 0 Å². The van der Waals surface area contributed by atoms with Gasteiger partial charge >= 0.3 is 0 Å². The normalized spacial score (nSPS) is 14.8. The number of nitrogens with two attached hydrogens (primary N) is 1. The van der Waals surface area contributed by atoms with E-state index in [1.54, 1.807) is 0 Å². The molecule has 1 amide bonds. The molecule has 3 atom stereocenters. The number of aryl methyl sites for hydroxylation is 1. The molecule has 0 radical (unpaired) electrons. The van der Waals surface area contributed by atoms with Crippen LogP contribution in [0.1, 0.15) is 35.7 Å². The van der Waals surface area contributed by atoms with Gasteiger partial charge < -0.3 is 16.0 Å². The highest BCUT2D eigenvalue weighted by atomic mass is 16.1. The third-order valence-corrected chi connectivity index (χ3v) is 4.69. The number of rotatable bonds is 7. The number of hydrogen-bond acceptors (Lipinski definition) is 3. The maximum absolute atomic E-state index is 12.6. The van der Waals surface area contributed by atoms with Crippen LogP contribution in [0.4, 0.5) is 0 Å². The molecule has 0 aliphatic heterocycles. The molecule has 3 unspecified atom stereocenters. The zero-order chi connectivity index (χ0) is 18.4. The van der Waals surface area contributed by atoms with Gasteiger partial charge in [-0.3, -0.25) is 4.79 Å². The van der Waals surface area contributed by atoms with Crippen LogP contribution in [0.15, 0.2) is 54.6 Å². The molecule has 0 heterocycles. The first-order valence-electron chi connectivity index (χ1n) is 8.71. The zero-order valence-electron chi connectivity index (χ0n) is 15.6. The van der Waals surface area contributed by atoms with Crippen LogP contribution in [0.5, 0.6) is 0 Å². The fourth-order valence-electron chi connectivity index (χ4n) is 2.87. The van der Waals surface area contributed by atoms with Crippen LogP contribution in [-0.4, -0.2) is 31.4 Å². The Morgan fingerprint density at radius 1 is 1.04 bits per heavy atom. The molecule has 4 heteroatoms. The van der Waals surface area contributed by atoms with E-state index >= 15 is 0 Å². The zero-order valence-corrected chi connectivity index (χ0v) is 15.6. The van der Waals surface area contributed by atoms with Crippen molar-refractivity contribution >= 4 is 5.91 Å². The van der Waals surface area contributed by atoms with Gasteiger partial charge in [0.15, 0.2) is 0 Å².